The van der Waals surface area contributed by atoms with Crippen LogP contribution in [0.1, 0.15) is 24.4 Å². The molecular weight excluding hydrogens is 224 g/mol. The van der Waals surface area contributed by atoms with Crippen molar-refractivity contribution in [1.29, 1.82) is 0 Å². The van der Waals surface area contributed by atoms with Crippen LogP contribution < -0.4 is 5.32 Å². The highest BCUT2D eigenvalue weighted by Gasteiger charge is 2.43. The molecule has 0 amide bonds. The SMILES string of the molecule is Cl.OC1CC2CNC(c3cccnc3)C2C1. The number of pyridine rings is 1. The largest absolute Gasteiger partial charge is 0.393 e. The minimum absolute atomic E-state index is 0. The van der Waals surface area contributed by atoms with E-state index in [-0.39, 0.29) is 18.5 Å². The molecule has 2 aliphatic rings. The van der Waals surface area contributed by atoms with Crippen molar-refractivity contribution >= 4 is 12.4 Å². The fourth-order valence-corrected chi connectivity index (χ4v) is 3.12. The molecule has 2 heterocycles. The van der Waals surface area contributed by atoms with Crippen molar-refractivity contribution in [3.63, 3.8) is 0 Å². The van der Waals surface area contributed by atoms with E-state index in [4.69, 9.17) is 0 Å². The number of nitrogens with zero attached hydrogens (tertiary/aromatic N) is 1. The molecule has 2 N–H and O–H groups in total. The number of nitrogens with one attached hydrogen (secondary N) is 1. The second-order valence-electron chi connectivity index (χ2n) is 4.72. The Labute approximate surface area is 102 Å². The zero-order chi connectivity index (χ0) is 10.3. The first-order valence-corrected chi connectivity index (χ1v) is 5.66. The predicted octanol–water partition coefficient (Wildman–Crippen LogP) is 1.53. The maximum Gasteiger partial charge on any atom is 0.0547 e. The van der Waals surface area contributed by atoms with Gasteiger partial charge in [-0.1, -0.05) is 6.07 Å². The van der Waals surface area contributed by atoms with Gasteiger partial charge in [0, 0.05) is 18.4 Å². The number of fused-ring (bicyclic) bond motifs is 1. The van der Waals surface area contributed by atoms with Gasteiger partial charge < -0.3 is 10.4 Å². The van der Waals surface area contributed by atoms with Crippen molar-refractivity contribution in [3.05, 3.63) is 30.1 Å². The third-order valence-electron chi connectivity index (χ3n) is 3.80. The van der Waals surface area contributed by atoms with Crippen LogP contribution in [0.25, 0.3) is 0 Å². The summed E-state index contributed by atoms with van der Waals surface area (Å²) in [6.45, 7) is 1.04. The van der Waals surface area contributed by atoms with Crippen LogP contribution >= 0.6 is 12.4 Å². The topological polar surface area (TPSA) is 45.1 Å². The van der Waals surface area contributed by atoms with Gasteiger partial charge in [0.05, 0.1) is 6.10 Å². The molecule has 0 aromatic carbocycles. The molecule has 0 spiro atoms. The lowest BCUT2D eigenvalue weighted by Gasteiger charge is -2.18. The first-order chi connectivity index (χ1) is 7.34. The molecule has 0 radical (unpaired) electrons. The smallest absolute Gasteiger partial charge is 0.0547 e. The van der Waals surface area contributed by atoms with Crippen molar-refractivity contribution in [2.24, 2.45) is 11.8 Å². The number of aromatic nitrogens is 1. The summed E-state index contributed by atoms with van der Waals surface area (Å²) >= 11 is 0. The van der Waals surface area contributed by atoms with Crippen molar-refractivity contribution in [1.82, 2.24) is 10.3 Å². The number of aliphatic hydroxyl groups is 1. The summed E-state index contributed by atoms with van der Waals surface area (Å²) in [6, 6.07) is 4.51. The van der Waals surface area contributed by atoms with Crippen LogP contribution in [0.15, 0.2) is 24.5 Å². The van der Waals surface area contributed by atoms with E-state index in [1.54, 1.807) is 6.20 Å². The second-order valence-corrected chi connectivity index (χ2v) is 4.72. The second kappa shape index (κ2) is 4.70. The highest BCUT2D eigenvalue weighted by molar-refractivity contribution is 5.85. The molecule has 1 saturated heterocycles. The average molecular weight is 241 g/mol. The fraction of sp³-hybridized carbons (Fsp3) is 0.583. The number of halogens is 1. The average Bonchev–Trinajstić information content (AvgIpc) is 2.77. The van der Waals surface area contributed by atoms with Crippen LogP contribution in [0.5, 0.6) is 0 Å². The van der Waals surface area contributed by atoms with Gasteiger partial charge in [-0.2, -0.15) is 0 Å². The van der Waals surface area contributed by atoms with E-state index in [9.17, 15) is 5.11 Å². The summed E-state index contributed by atoms with van der Waals surface area (Å²) in [5, 5.41) is 13.2. The van der Waals surface area contributed by atoms with Gasteiger partial charge in [-0.25, -0.2) is 0 Å². The molecule has 16 heavy (non-hydrogen) atoms. The van der Waals surface area contributed by atoms with Crippen LogP contribution in [0.4, 0.5) is 0 Å². The van der Waals surface area contributed by atoms with E-state index in [0.29, 0.717) is 17.9 Å². The van der Waals surface area contributed by atoms with Crippen LogP contribution in [-0.4, -0.2) is 22.7 Å². The van der Waals surface area contributed by atoms with Crippen LogP contribution in [-0.2, 0) is 0 Å². The van der Waals surface area contributed by atoms with E-state index in [0.717, 1.165) is 19.4 Å². The van der Waals surface area contributed by atoms with Gasteiger partial charge >= 0.3 is 0 Å². The Morgan fingerprint density at radius 1 is 1.38 bits per heavy atom. The number of hydrogen-bond donors (Lipinski definition) is 2. The molecular formula is C12H17ClN2O. The van der Waals surface area contributed by atoms with E-state index in [1.807, 2.05) is 12.3 Å². The Morgan fingerprint density at radius 3 is 3.00 bits per heavy atom. The molecule has 1 aromatic rings. The van der Waals surface area contributed by atoms with E-state index in [1.165, 1.54) is 5.56 Å². The lowest BCUT2D eigenvalue weighted by molar-refractivity contribution is 0.169. The molecule has 4 unspecified atom stereocenters. The molecule has 3 nitrogen and oxygen atoms in total. The van der Waals surface area contributed by atoms with Gasteiger partial charge in [0.15, 0.2) is 0 Å². The van der Waals surface area contributed by atoms with Gasteiger partial charge in [-0.15, -0.1) is 12.4 Å². The first-order valence-electron chi connectivity index (χ1n) is 5.66. The monoisotopic (exact) mass is 240 g/mol. The Bertz CT molecular complexity index is 346. The highest BCUT2D eigenvalue weighted by Crippen LogP contribution is 2.44. The maximum atomic E-state index is 9.66. The van der Waals surface area contributed by atoms with Crippen molar-refractivity contribution in [2.75, 3.05) is 6.54 Å². The van der Waals surface area contributed by atoms with E-state index in [2.05, 4.69) is 16.4 Å². The van der Waals surface area contributed by atoms with Crippen molar-refractivity contribution < 1.29 is 5.11 Å². The fourth-order valence-electron chi connectivity index (χ4n) is 3.12. The molecule has 3 rings (SSSR count). The summed E-state index contributed by atoms with van der Waals surface area (Å²) in [5.74, 6) is 1.26. The van der Waals surface area contributed by atoms with Gasteiger partial charge in [0.25, 0.3) is 0 Å². The molecule has 2 fully saturated rings. The number of rotatable bonds is 1. The maximum absolute atomic E-state index is 9.66. The minimum atomic E-state index is -0.0822. The predicted molar refractivity (Wildman–Crippen MR) is 64.4 cm³/mol. The van der Waals surface area contributed by atoms with Crippen molar-refractivity contribution in [2.45, 2.75) is 25.0 Å². The Kier molecular flexibility index (Phi) is 3.47. The molecule has 88 valence electrons. The Morgan fingerprint density at radius 2 is 2.25 bits per heavy atom. The summed E-state index contributed by atoms with van der Waals surface area (Å²) in [5.41, 5.74) is 1.26. The van der Waals surface area contributed by atoms with Gasteiger partial charge in [0.1, 0.15) is 0 Å². The van der Waals surface area contributed by atoms with Crippen LogP contribution in [0.3, 0.4) is 0 Å². The highest BCUT2D eigenvalue weighted by atomic mass is 35.5. The first kappa shape index (κ1) is 11.8. The summed E-state index contributed by atoms with van der Waals surface area (Å²) in [6.07, 6.45) is 5.57. The summed E-state index contributed by atoms with van der Waals surface area (Å²) in [4.78, 5) is 4.16. The van der Waals surface area contributed by atoms with E-state index < -0.39 is 0 Å². The van der Waals surface area contributed by atoms with Crippen molar-refractivity contribution in [3.8, 4) is 0 Å². The number of hydrogen-bond acceptors (Lipinski definition) is 3. The molecule has 1 aliphatic carbocycles. The van der Waals surface area contributed by atoms with E-state index >= 15 is 0 Å². The molecule has 0 bridgehead atoms. The van der Waals surface area contributed by atoms with Crippen LogP contribution in [0, 0.1) is 11.8 Å². The molecule has 1 aromatic heterocycles. The quantitative estimate of drug-likeness (QED) is 0.783. The summed E-state index contributed by atoms with van der Waals surface area (Å²) in [7, 11) is 0. The van der Waals surface area contributed by atoms with Crippen LogP contribution in [0.2, 0.25) is 0 Å². The number of aliphatic hydroxyl groups excluding tert-OH is 1. The Hall–Kier alpha value is -0.640. The third kappa shape index (κ3) is 1.95. The molecule has 1 aliphatic heterocycles. The molecule has 4 atom stereocenters. The third-order valence-corrected chi connectivity index (χ3v) is 3.80. The Balaban J connectivity index is 0.000000963. The molecule has 4 heteroatoms. The summed E-state index contributed by atoms with van der Waals surface area (Å²) < 4.78 is 0. The minimum Gasteiger partial charge on any atom is -0.393 e. The lowest BCUT2D eigenvalue weighted by atomic mass is 9.90. The van der Waals surface area contributed by atoms with Gasteiger partial charge in [0.2, 0.25) is 0 Å². The standard InChI is InChI=1S/C12H16N2O.ClH/c15-10-4-9-7-14-12(11(9)5-10)8-2-1-3-13-6-8;/h1-3,6,9-12,14-15H,4-5,7H2;1H. The van der Waals surface area contributed by atoms with Gasteiger partial charge in [-0.05, 0) is 42.9 Å². The van der Waals surface area contributed by atoms with Gasteiger partial charge in [-0.3, -0.25) is 4.98 Å². The zero-order valence-electron chi connectivity index (χ0n) is 9.04. The lowest BCUT2D eigenvalue weighted by Crippen LogP contribution is -2.19. The molecule has 1 saturated carbocycles. The zero-order valence-corrected chi connectivity index (χ0v) is 9.86. The normalized spacial score (nSPS) is 36.8.